The van der Waals surface area contributed by atoms with Crippen molar-refractivity contribution in [1.29, 1.82) is 0 Å². The summed E-state index contributed by atoms with van der Waals surface area (Å²) in [6, 6.07) is 12.2. The second-order valence-electron chi connectivity index (χ2n) is 5.79. The van der Waals surface area contributed by atoms with E-state index >= 15 is 0 Å². The van der Waals surface area contributed by atoms with Gasteiger partial charge in [0.15, 0.2) is 0 Å². The van der Waals surface area contributed by atoms with E-state index in [0.29, 0.717) is 16.1 Å². The van der Waals surface area contributed by atoms with Gasteiger partial charge in [0.05, 0.1) is 11.2 Å². The Labute approximate surface area is 138 Å². The molecule has 0 aliphatic rings. The van der Waals surface area contributed by atoms with E-state index in [-0.39, 0.29) is 5.56 Å². The van der Waals surface area contributed by atoms with Gasteiger partial charge < -0.3 is 4.55 Å². The second kappa shape index (κ2) is 6.82. The lowest BCUT2D eigenvalue weighted by Crippen LogP contribution is -2.25. The fraction of sp³-hybridized carbons (Fsp3) is 0.235. The minimum atomic E-state index is -1.43. The maximum absolute atomic E-state index is 14.7. The monoisotopic (exact) mass is 337 g/mol. The van der Waals surface area contributed by atoms with Crippen LogP contribution in [0.3, 0.4) is 0 Å². The summed E-state index contributed by atoms with van der Waals surface area (Å²) in [5, 5.41) is 0.331. The van der Waals surface area contributed by atoms with Gasteiger partial charge in [-0.3, -0.25) is 0 Å². The molecule has 0 saturated carbocycles. The number of benzene rings is 2. The minimum Gasteiger partial charge on any atom is -0.591 e. The van der Waals surface area contributed by atoms with Gasteiger partial charge in [-0.2, -0.15) is 0 Å². The van der Waals surface area contributed by atoms with Crippen LogP contribution < -0.4 is 0 Å². The van der Waals surface area contributed by atoms with Crippen molar-refractivity contribution in [1.82, 2.24) is 0 Å². The van der Waals surface area contributed by atoms with Crippen molar-refractivity contribution in [3.63, 3.8) is 0 Å². The highest BCUT2D eigenvalue weighted by Crippen LogP contribution is 2.32. The van der Waals surface area contributed by atoms with Crippen LogP contribution in [0.4, 0.5) is 4.39 Å². The van der Waals surface area contributed by atoms with Crippen LogP contribution in [-0.2, 0) is 11.4 Å². The molecule has 0 radical (unpaired) electrons. The molecule has 1 atom stereocenters. The van der Waals surface area contributed by atoms with E-state index in [4.69, 9.17) is 11.6 Å². The summed E-state index contributed by atoms with van der Waals surface area (Å²) < 4.78 is 30.1. The molecule has 0 N–H and O–H groups in total. The lowest BCUT2D eigenvalue weighted by molar-refractivity contribution is 0.561. The zero-order chi connectivity index (χ0) is 16.3. The Morgan fingerprint density at radius 1 is 1.14 bits per heavy atom. The van der Waals surface area contributed by atoms with Crippen LogP contribution in [0.15, 0.2) is 46.9 Å². The van der Waals surface area contributed by atoms with E-state index in [1.807, 2.05) is 39.0 Å². The number of hydrogen-bond donors (Lipinski definition) is 0. The lowest BCUT2D eigenvalue weighted by atomic mass is 10.0. The quantitative estimate of drug-likeness (QED) is 0.571. The first-order valence-electron chi connectivity index (χ1n) is 6.80. The van der Waals surface area contributed by atoms with Gasteiger partial charge in [0.1, 0.15) is 21.9 Å². The SMILES string of the molecule is CC(C)(C)[S+]([O-])/N=C/c1ccc(Cl)c(-c2ccccc2)c1F. The third-order valence-corrected chi connectivity index (χ3v) is 4.65. The van der Waals surface area contributed by atoms with Crippen molar-refractivity contribution in [3.8, 4) is 11.1 Å². The Hall–Kier alpha value is -1.36. The third-order valence-electron chi connectivity index (χ3n) is 2.99. The summed E-state index contributed by atoms with van der Waals surface area (Å²) in [6.45, 7) is 5.44. The fourth-order valence-corrected chi connectivity index (χ4v) is 2.58. The fourth-order valence-electron chi connectivity index (χ4n) is 1.80. The van der Waals surface area contributed by atoms with Gasteiger partial charge >= 0.3 is 0 Å². The molecular formula is C17H17ClFNOS. The molecule has 2 aromatic carbocycles. The van der Waals surface area contributed by atoms with Crippen LogP contribution in [0, 0.1) is 5.82 Å². The second-order valence-corrected chi connectivity index (χ2v) is 8.13. The third kappa shape index (κ3) is 3.88. The van der Waals surface area contributed by atoms with E-state index in [2.05, 4.69) is 4.40 Å². The molecule has 0 aromatic heterocycles. The first-order chi connectivity index (χ1) is 10.3. The lowest BCUT2D eigenvalue weighted by Gasteiger charge is -2.17. The highest BCUT2D eigenvalue weighted by atomic mass is 35.5. The molecule has 22 heavy (non-hydrogen) atoms. The number of hydrogen-bond acceptors (Lipinski definition) is 2. The van der Waals surface area contributed by atoms with Gasteiger partial charge in [0, 0.05) is 11.1 Å². The molecule has 0 bridgehead atoms. The summed E-state index contributed by atoms with van der Waals surface area (Å²) in [5.41, 5.74) is 1.28. The highest BCUT2D eigenvalue weighted by molar-refractivity contribution is 7.91. The van der Waals surface area contributed by atoms with Crippen molar-refractivity contribution in [2.75, 3.05) is 0 Å². The Balaban J connectivity index is 2.42. The Morgan fingerprint density at radius 3 is 2.36 bits per heavy atom. The predicted octanol–water partition coefficient (Wildman–Crippen LogP) is 5.03. The van der Waals surface area contributed by atoms with Crippen LogP contribution in [-0.4, -0.2) is 15.5 Å². The molecule has 116 valence electrons. The van der Waals surface area contributed by atoms with E-state index in [1.165, 1.54) is 12.3 Å². The van der Waals surface area contributed by atoms with E-state index in [1.54, 1.807) is 18.2 Å². The summed E-state index contributed by atoms with van der Waals surface area (Å²) in [7, 11) is 0. The normalized spacial score (nSPS) is 13.5. The van der Waals surface area contributed by atoms with Gasteiger partial charge in [0.2, 0.25) is 0 Å². The molecule has 0 fully saturated rings. The van der Waals surface area contributed by atoms with Gasteiger partial charge in [0.25, 0.3) is 0 Å². The predicted molar refractivity (Wildman–Crippen MR) is 92.3 cm³/mol. The zero-order valence-corrected chi connectivity index (χ0v) is 14.2. The molecule has 0 aliphatic heterocycles. The van der Waals surface area contributed by atoms with E-state index < -0.39 is 21.9 Å². The van der Waals surface area contributed by atoms with E-state index in [0.717, 1.165) is 0 Å². The molecule has 0 spiro atoms. The molecule has 0 amide bonds. The maximum Gasteiger partial charge on any atom is 0.144 e. The first kappa shape index (κ1) is 17.0. The zero-order valence-electron chi connectivity index (χ0n) is 12.6. The molecule has 1 unspecified atom stereocenters. The average Bonchev–Trinajstić information content (AvgIpc) is 2.46. The highest BCUT2D eigenvalue weighted by Gasteiger charge is 2.26. The van der Waals surface area contributed by atoms with Crippen molar-refractivity contribution >= 4 is 29.2 Å². The summed E-state index contributed by atoms with van der Waals surface area (Å²) in [6.07, 6.45) is 1.31. The largest absolute Gasteiger partial charge is 0.591 e. The molecule has 5 heteroatoms. The first-order valence-corrected chi connectivity index (χ1v) is 8.28. The number of halogens is 2. The molecule has 2 aromatic rings. The van der Waals surface area contributed by atoms with Gasteiger partial charge in [-0.1, -0.05) is 46.3 Å². The Kier molecular flexibility index (Phi) is 5.27. The molecule has 0 heterocycles. The maximum atomic E-state index is 14.7. The number of nitrogens with zero attached hydrogens (tertiary/aromatic N) is 1. The summed E-state index contributed by atoms with van der Waals surface area (Å²) in [4.78, 5) is 0. The van der Waals surface area contributed by atoms with Crippen LogP contribution in [0.2, 0.25) is 5.02 Å². The molecule has 2 nitrogen and oxygen atoms in total. The molecular weight excluding hydrogens is 321 g/mol. The molecule has 2 rings (SSSR count). The van der Waals surface area contributed by atoms with Crippen LogP contribution >= 0.6 is 11.6 Å². The van der Waals surface area contributed by atoms with Crippen molar-refractivity contribution < 1.29 is 8.94 Å². The smallest absolute Gasteiger partial charge is 0.144 e. The average molecular weight is 338 g/mol. The summed E-state index contributed by atoms with van der Waals surface area (Å²) in [5.74, 6) is -0.464. The minimum absolute atomic E-state index is 0.265. The van der Waals surface area contributed by atoms with Crippen molar-refractivity contribution in [3.05, 3.63) is 58.9 Å². The molecule has 0 aliphatic carbocycles. The van der Waals surface area contributed by atoms with Gasteiger partial charge in [-0.25, -0.2) is 4.39 Å². The topological polar surface area (TPSA) is 35.4 Å². The Morgan fingerprint density at radius 2 is 1.77 bits per heavy atom. The van der Waals surface area contributed by atoms with Gasteiger partial charge in [-0.05, 0) is 38.5 Å². The van der Waals surface area contributed by atoms with E-state index in [9.17, 15) is 8.94 Å². The summed E-state index contributed by atoms with van der Waals surface area (Å²) >= 11 is 4.69. The van der Waals surface area contributed by atoms with Crippen molar-refractivity contribution in [2.45, 2.75) is 25.5 Å². The Bertz CT molecular complexity index is 683. The molecule has 0 saturated heterocycles. The van der Waals surface area contributed by atoms with Crippen LogP contribution in [0.1, 0.15) is 26.3 Å². The van der Waals surface area contributed by atoms with Crippen molar-refractivity contribution in [2.24, 2.45) is 4.40 Å². The van der Waals surface area contributed by atoms with Crippen LogP contribution in [0.25, 0.3) is 11.1 Å². The van der Waals surface area contributed by atoms with Crippen LogP contribution in [0.5, 0.6) is 0 Å². The standard InChI is InChI=1S/C17H17ClFNOS/c1-17(2,3)22(21)20-11-13-9-10-14(18)15(16(13)19)12-7-5-4-6-8-12/h4-11H,1-3H3/b20-11+. The van der Waals surface area contributed by atoms with Gasteiger partial charge in [-0.15, -0.1) is 0 Å². The number of rotatable bonds is 3.